The van der Waals surface area contributed by atoms with E-state index in [4.69, 9.17) is 4.42 Å². The van der Waals surface area contributed by atoms with Crippen molar-refractivity contribution >= 4 is 6.03 Å². The Kier molecular flexibility index (Phi) is 6.64. The summed E-state index contributed by atoms with van der Waals surface area (Å²) in [4.78, 5) is 16.1. The van der Waals surface area contributed by atoms with E-state index in [1.807, 2.05) is 52.0 Å². The van der Waals surface area contributed by atoms with Gasteiger partial charge < -0.3 is 14.6 Å². The predicted octanol–water partition coefficient (Wildman–Crippen LogP) is 2.50. The zero-order chi connectivity index (χ0) is 18.4. The van der Waals surface area contributed by atoms with Crippen molar-refractivity contribution < 1.29 is 9.21 Å². The Morgan fingerprint density at radius 1 is 1.36 bits per heavy atom. The highest BCUT2D eigenvalue weighted by Crippen LogP contribution is 2.17. The molecule has 25 heavy (non-hydrogen) atoms. The summed E-state index contributed by atoms with van der Waals surface area (Å²) in [6, 6.07) is 3.73. The van der Waals surface area contributed by atoms with Crippen molar-refractivity contribution in [3.05, 3.63) is 41.1 Å². The van der Waals surface area contributed by atoms with Crippen LogP contribution in [0.25, 0.3) is 0 Å². The number of rotatable bonds is 8. The largest absolute Gasteiger partial charge is 0.468 e. The Labute approximate surface area is 149 Å². The number of furan rings is 1. The van der Waals surface area contributed by atoms with Crippen LogP contribution in [0.15, 0.2) is 22.8 Å². The summed E-state index contributed by atoms with van der Waals surface area (Å²) < 4.78 is 5.46. The van der Waals surface area contributed by atoms with Gasteiger partial charge in [0.1, 0.15) is 5.76 Å². The van der Waals surface area contributed by atoms with Gasteiger partial charge in [-0.2, -0.15) is 5.10 Å². The van der Waals surface area contributed by atoms with Crippen LogP contribution in [0.1, 0.15) is 35.2 Å². The summed E-state index contributed by atoms with van der Waals surface area (Å²) in [5, 5.41) is 10.2. The molecule has 0 aliphatic rings. The number of carbonyl (C=O) groups is 1. The Hall–Kier alpha value is -2.28. The Balaban J connectivity index is 1.78. The lowest BCUT2D eigenvalue weighted by Gasteiger charge is -2.24. The molecule has 2 aromatic rings. The first-order valence-electron chi connectivity index (χ1n) is 8.59. The molecule has 2 amide bonds. The van der Waals surface area contributed by atoms with Crippen molar-refractivity contribution in [2.75, 3.05) is 34.2 Å². The lowest BCUT2D eigenvalue weighted by molar-refractivity contribution is 0.198. The molecule has 1 atom stereocenters. The predicted molar refractivity (Wildman–Crippen MR) is 97.5 cm³/mol. The average molecular weight is 347 g/mol. The number of urea groups is 1. The molecular weight excluding hydrogens is 318 g/mol. The number of carbonyl (C=O) groups excluding carboxylic acids is 1. The summed E-state index contributed by atoms with van der Waals surface area (Å²) in [5.74, 6) is 0.846. The van der Waals surface area contributed by atoms with Crippen LogP contribution < -0.4 is 5.32 Å². The minimum absolute atomic E-state index is 0.0172. The van der Waals surface area contributed by atoms with Crippen LogP contribution in [0.2, 0.25) is 0 Å². The molecule has 0 aliphatic heterocycles. The van der Waals surface area contributed by atoms with E-state index < -0.39 is 0 Å². The number of likely N-dealkylation sites (N-methyl/N-ethyl adjacent to an activating group) is 1. The van der Waals surface area contributed by atoms with E-state index in [0.717, 1.165) is 30.0 Å². The van der Waals surface area contributed by atoms with E-state index in [1.165, 1.54) is 5.56 Å². The molecule has 2 heterocycles. The molecule has 2 rings (SSSR count). The van der Waals surface area contributed by atoms with Crippen LogP contribution in [-0.2, 0) is 6.42 Å². The van der Waals surface area contributed by atoms with Gasteiger partial charge in [0, 0.05) is 25.8 Å². The molecule has 0 unspecified atom stereocenters. The summed E-state index contributed by atoms with van der Waals surface area (Å²) in [6.07, 6.45) is 3.47. The van der Waals surface area contributed by atoms with Crippen LogP contribution >= 0.6 is 0 Å². The number of aromatic amines is 1. The van der Waals surface area contributed by atoms with Crippen LogP contribution in [0.4, 0.5) is 4.79 Å². The van der Waals surface area contributed by atoms with Crippen LogP contribution in [-0.4, -0.2) is 60.3 Å². The molecular formula is C18H29N5O2. The monoisotopic (exact) mass is 347 g/mol. The summed E-state index contributed by atoms with van der Waals surface area (Å²) >= 11 is 0. The van der Waals surface area contributed by atoms with Gasteiger partial charge in [0.15, 0.2) is 0 Å². The third-order valence-corrected chi connectivity index (χ3v) is 4.49. The number of aromatic nitrogens is 2. The zero-order valence-electron chi connectivity index (χ0n) is 15.8. The summed E-state index contributed by atoms with van der Waals surface area (Å²) in [6.45, 7) is 5.24. The van der Waals surface area contributed by atoms with Crippen LogP contribution in [0.5, 0.6) is 0 Å². The van der Waals surface area contributed by atoms with Gasteiger partial charge in [-0.05, 0) is 58.5 Å². The maximum absolute atomic E-state index is 12.3. The van der Waals surface area contributed by atoms with E-state index in [-0.39, 0.29) is 12.1 Å². The number of hydrogen-bond donors (Lipinski definition) is 2. The average Bonchev–Trinajstić information content (AvgIpc) is 3.19. The first kappa shape index (κ1) is 19.1. The fraction of sp³-hybridized carbons (Fsp3) is 0.556. The second kappa shape index (κ2) is 8.71. The molecule has 7 nitrogen and oxygen atoms in total. The smallest absolute Gasteiger partial charge is 0.317 e. The first-order valence-corrected chi connectivity index (χ1v) is 8.59. The minimum Gasteiger partial charge on any atom is -0.468 e. The molecule has 0 fully saturated rings. The van der Waals surface area contributed by atoms with Crippen molar-refractivity contribution in [1.82, 2.24) is 25.3 Å². The number of hydrogen-bond acceptors (Lipinski definition) is 4. The molecule has 0 aromatic carbocycles. The van der Waals surface area contributed by atoms with E-state index in [0.29, 0.717) is 13.1 Å². The number of nitrogens with one attached hydrogen (secondary N) is 2. The summed E-state index contributed by atoms with van der Waals surface area (Å²) in [7, 11) is 5.76. The normalized spacial score (nSPS) is 12.4. The first-order chi connectivity index (χ1) is 11.9. The Morgan fingerprint density at radius 2 is 2.12 bits per heavy atom. The maximum atomic E-state index is 12.3. The van der Waals surface area contributed by atoms with Gasteiger partial charge in [-0.15, -0.1) is 0 Å². The highest BCUT2D eigenvalue weighted by molar-refractivity contribution is 5.73. The van der Waals surface area contributed by atoms with Crippen molar-refractivity contribution in [1.29, 1.82) is 0 Å². The number of aryl methyl sites for hydroxylation is 2. The van der Waals surface area contributed by atoms with Crippen LogP contribution in [0.3, 0.4) is 0 Å². The Bertz CT molecular complexity index is 644. The Morgan fingerprint density at radius 3 is 2.68 bits per heavy atom. The van der Waals surface area contributed by atoms with Gasteiger partial charge in [-0.3, -0.25) is 10.00 Å². The zero-order valence-corrected chi connectivity index (χ0v) is 15.8. The summed E-state index contributed by atoms with van der Waals surface area (Å²) in [5.41, 5.74) is 3.40. The molecule has 0 saturated carbocycles. The molecule has 0 aliphatic carbocycles. The molecule has 0 radical (unpaired) electrons. The molecule has 0 spiro atoms. The van der Waals surface area contributed by atoms with Gasteiger partial charge in [0.05, 0.1) is 18.0 Å². The van der Waals surface area contributed by atoms with E-state index in [2.05, 4.69) is 15.5 Å². The third kappa shape index (κ3) is 5.09. The quantitative estimate of drug-likeness (QED) is 0.769. The highest BCUT2D eigenvalue weighted by atomic mass is 16.3. The number of nitrogens with zero attached hydrogens (tertiary/aromatic N) is 3. The lowest BCUT2D eigenvalue weighted by atomic mass is 10.1. The van der Waals surface area contributed by atoms with Crippen molar-refractivity contribution in [3.8, 4) is 0 Å². The van der Waals surface area contributed by atoms with Gasteiger partial charge in [-0.25, -0.2) is 4.79 Å². The standard InChI is InChI=1S/C18H29N5O2/c1-13-15(14(2)21-20-13)8-6-10-23(5)18(24)19-12-16(22(3)4)17-9-7-11-25-17/h7,9,11,16H,6,8,10,12H2,1-5H3,(H,19,24)(H,20,21)/t16-/m0/s1. The number of H-pyrrole nitrogens is 1. The molecule has 0 bridgehead atoms. The SMILES string of the molecule is Cc1n[nH]c(C)c1CCCN(C)C(=O)NC[C@@H](c1ccco1)N(C)C. The molecule has 2 aromatic heterocycles. The maximum Gasteiger partial charge on any atom is 0.317 e. The second-order valence-corrected chi connectivity index (χ2v) is 6.62. The van der Waals surface area contributed by atoms with Gasteiger partial charge in [0.25, 0.3) is 0 Å². The molecule has 138 valence electrons. The highest BCUT2D eigenvalue weighted by Gasteiger charge is 2.19. The number of amides is 2. The van der Waals surface area contributed by atoms with E-state index in [1.54, 1.807) is 11.2 Å². The molecule has 7 heteroatoms. The van der Waals surface area contributed by atoms with Gasteiger partial charge in [0.2, 0.25) is 0 Å². The van der Waals surface area contributed by atoms with Gasteiger partial charge >= 0.3 is 6.03 Å². The fourth-order valence-electron chi connectivity index (χ4n) is 2.87. The van der Waals surface area contributed by atoms with Crippen molar-refractivity contribution in [2.24, 2.45) is 0 Å². The second-order valence-electron chi connectivity index (χ2n) is 6.62. The van der Waals surface area contributed by atoms with Crippen molar-refractivity contribution in [2.45, 2.75) is 32.7 Å². The van der Waals surface area contributed by atoms with Crippen molar-refractivity contribution in [3.63, 3.8) is 0 Å². The molecule has 2 N–H and O–H groups in total. The third-order valence-electron chi connectivity index (χ3n) is 4.49. The van der Waals surface area contributed by atoms with E-state index >= 15 is 0 Å². The molecule has 0 saturated heterocycles. The van der Waals surface area contributed by atoms with Gasteiger partial charge in [-0.1, -0.05) is 0 Å². The minimum atomic E-state index is -0.0703. The lowest BCUT2D eigenvalue weighted by Crippen LogP contribution is -2.41. The van der Waals surface area contributed by atoms with Crippen LogP contribution in [0, 0.1) is 13.8 Å². The fourth-order valence-corrected chi connectivity index (χ4v) is 2.87. The topological polar surface area (TPSA) is 77.4 Å². The van der Waals surface area contributed by atoms with E-state index in [9.17, 15) is 4.79 Å².